The number of amides is 2. The first-order chi connectivity index (χ1) is 14.4. The number of nitrogens with one attached hydrogen (secondary N) is 2. The zero-order valence-corrected chi connectivity index (χ0v) is 17.3. The van der Waals surface area contributed by atoms with Crippen LogP contribution >= 0.6 is 0 Å². The molecule has 0 aromatic carbocycles. The average Bonchev–Trinajstić information content (AvgIpc) is 3.43. The molecule has 4 rings (SSSR count). The van der Waals surface area contributed by atoms with E-state index in [1.165, 1.54) is 4.52 Å². The molecule has 0 radical (unpaired) electrons. The number of carbonyl (C=O) groups is 2. The maximum absolute atomic E-state index is 13.0. The van der Waals surface area contributed by atoms with Crippen molar-refractivity contribution >= 4 is 17.5 Å². The molecule has 162 valence electrons. The number of aromatic nitrogens is 3. The maximum atomic E-state index is 13.0. The molecule has 2 fully saturated rings. The summed E-state index contributed by atoms with van der Waals surface area (Å²) in [6.45, 7) is 6.41. The highest BCUT2D eigenvalue weighted by Gasteiger charge is 2.35. The summed E-state index contributed by atoms with van der Waals surface area (Å²) in [7, 11) is 0. The number of morpholine rings is 1. The quantitative estimate of drug-likeness (QED) is 0.550. The third-order valence-electron chi connectivity index (χ3n) is 5.41. The first kappa shape index (κ1) is 20.4. The fourth-order valence-corrected chi connectivity index (χ4v) is 3.74. The van der Waals surface area contributed by atoms with E-state index in [0.29, 0.717) is 44.1 Å². The van der Waals surface area contributed by atoms with Gasteiger partial charge in [0.15, 0.2) is 0 Å². The summed E-state index contributed by atoms with van der Waals surface area (Å²) < 4.78 is 8.09. The molecule has 3 N–H and O–H groups in total. The van der Waals surface area contributed by atoms with E-state index in [1.807, 2.05) is 13.8 Å². The number of fused-ring (bicyclic) bond motifs is 1. The Balaban J connectivity index is 1.76. The first-order valence-electron chi connectivity index (χ1n) is 10.4. The van der Waals surface area contributed by atoms with E-state index in [4.69, 9.17) is 4.74 Å². The van der Waals surface area contributed by atoms with Crippen LogP contribution in [-0.2, 0) is 22.5 Å². The van der Waals surface area contributed by atoms with E-state index in [1.54, 1.807) is 15.7 Å². The zero-order valence-electron chi connectivity index (χ0n) is 17.3. The third-order valence-corrected chi connectivity index (χ3v) is 5.41. The van der Waals surface area contributed by atoms with Crippen LogP contribution in [0.5, 0.6) is 5.88 Å². The fraction of sp³-hybridized carbons (Fsp3) is 0.600. The number of hydrogen-bond donors (Lipinski definition) is 3. The molecule has 1 aliphatic heterocycles. The molecule has 2 aliphatic rings. The second-order valence-electron chi connectivity index (χ2n) is 8.38. The molecule has 10 heteroatoms. The standard InChI is InChI=1S/C20H27N5O5/c1-12(2)11-24-18-13(9-15(26)23-5-7-30-8-6-23)10-21-25(18)20(29)16(19(24)28)17(27)22-14-3-4-14/h10,12,14H,3-9,11H2,1-2H3,(H2,22,27,28,29)/p+1. The predicted molar refractivity (Wildman–Crippen MR) is 106 cm³/mol. The van der Waals surface area contributed by atoms with Gasteiger partial charge in [-0.1, -0.05) is 18.4 Å². The van der Waals surface area contributed by atoms with E-state index in [2.05, 4.69) is 10.4 Å². The molecule has 2 aromatic rings. The van der Waals surface area contributed by atoms with Crippen molar-refractivity contribution in [2.45, 2.75) is 45.7 Å². The number of ether oxygens (including phenoxy) is 1. The minimum Gasteiger partial charge on any atom is -0.477 e. The predicted octanol–water partition coefficient (Wildman–Crippen LogP) is -0.430. The van der Waals surface area contributed by atoms with E-state index < -0.39 is 11.5 Å². The topological polar surface area (TPSA) is 120 Å². The van der Waals surface area contributed by atoms with Gasteiger partial charge in [-0.2, -0.15) is 4.57 Å². The zero-order chi connectivity index (χ0) is 21.4. The van der Waals surface area contributed by atoms with Crippen LogP contribution in [0.4, 0.5) is 0 Å². The number of H-pyrrole nitrogens is 1. The maximum Gasteiger partial charge on any atom is 0.378 e. The largest absolute Gasteiger partial charge is 0.477 e. The molecule has 2 aromatic heterocycles. The van der Waals surface area contributed by atoms with Crippen LogP contribution in [0.2, 0.25) is 0 Å². The van der Waals surface area contributed by atoms with E-state index in [0.717, 1.165) is 12.8 Å². The lowest BCUT2D eigenvalue weighted by molar-refractivity contribution is -0.686. The van der Waals surface area contributed by atoms with Crippen molar-refractivity contribution < 1.29 is 24.0 Å². The van der Waals surface area contributed by atoms with Crippen LogP contribution in [0.15, 0.2) is 11.0 Å². The SMILES string of the molecule is CC(C)C[n+]1c(O)c(C(=O)NC2CC2)c(=O)n2[nH]cc(CC(=O)N3CCOCC3)c21. The second-order valence-corrected chi connectivity index (χ2v) is 8.38. The van der Waals surface area contributed by atoms with Crippen molar-refractivity contribution in [1.82, 2.24) is 19.8 Å². The minimum absolute atomic E-state index is 0.0564. The Bertz CT molecular complexity index is 1030. The Kier molecular flexibility index (Phi) is 5.50. The number of aromatic amines is 1. The smallest absolute Gasteiger partial charge is 0.378 e. The van der Waals surface area contributed by atoms with Crippen molar-refractivity contribution in [3.05, 3.63) is 27.7 Å². The Hall–Kier alpha value is -2.88. The van der Waals surface area contributed by atoms with Crippen LogP contribution in [0.1, 0.15) is 42.6 Å². The number of nitrogens with zero attached hydrogens (tertiary/aromatic N) is 3. The van der Waals surface area contributed by atoms with Crippen LogP contribution in [0.25, 0.3) is 5.65 Å². The van der Waals surface area contributed by atoms with Crippen LogP contribution < -0.4 is 15.4 Å². The van der Waals surface area contributed by atoms with Gasteiger partial charge in [0.05, 0.1) is 37.9 Å². The number of rotatable bonds is 6. The summed E-state index contributed by atoms with van der Waals surface area (Å²) in [5.41, 5.74) is 0.0724. The molecular formula is C20H28N5O5+. The Morgan fingerprint density at radius 3 is 2.67 bits per heavy atom. The summed E-state index contributed by atoms with van der Waals surface area (Å²) in [4.78, 5) is 40.1. The van der Waals surface area contributed by atoms with Gasteiger partial charge in [0.1, 0.15) is 0 Å². The summed E-state index contributed by atoms with van der Waals surface area (Å²) in [6, 6.07) is 0.0564. The monoisotopic (exact) mass is 418 g/mol. The molecule has 1 aliphatic carbocycles. The third kappa shape index (κ3) is 3.91. The van der Waals surface area contributed by atoms with Crippen LogP contribution in [0, 0.1) is 5.92 Å². The molecule has 3 heterocycles. The van der Waals surface area contributed by atoms with Crippen molar-refractivity contribution in [3.8, 4) is 5.88 Å². The molecular weight excluding hydrogens is 390 g/mol. The van der Waals surface area contributed by atoms with E-state index in [9.17, 15) is 19.5 Å². The van der Waals surface area contributed by atoms with Gasteiger partial charge >= 0.3 is 17.1 Å². The minimum atomic E-state index is -0.634. The molecule has 0 spiro atoms. The lowest BCUT2D eigenvalue weighted by atomic mass is 10.1. The van der Waals surface area contributed by atoms with Crippen LogP contribution in [0.3, 0.4) is 0 Å². The molecule has 1 saturated carbocycles. The Labute approximate surface area is 173 Å². The average molecular weight is 418 g/mol. The normalized spacial score (nSPS) is 17.0. The second kappa shape index (κ2) is 8.10. The first-order valence-corrected chi connectivity index (χ1v) is 10.4. The highest BCUT2D eigenvalue weighted by atomic mass is 16.5. The molecule has 30 heavy (non-hydrogen) atoms. The molecule has 1 saturated heterocycles. The van der Waals surface area contributed by atoms with Gasteiger partial charge in [-0.05, 0) is 18.8 Å². The summed E-state index contributed by atoms with van der Waals surface area (Å²) in [5, 5.41) is 16.5. The van der Waals surface area contributed by atoms with E-state index in [-0.39, 0.29) is 35.7 Å². The lowest BCUT2D eigenvalue weighted by Crippen LogP contribution is -2.46. The van der Waals surface area contributed by atoms with Gasteiger partial charge < -0.3 is 20.1 Å². The van der Waals surface area contributed by atoms with Crippen LogP contribution in [-0.4, -0.2) is 63.8 Å². The molecule has 0 atom stereocenters. The van der Waals surface area contributed by atoms with Gasteiger partial charge in [-0.25, -0.2) is 9.89 Å². The highest BCUT2D eigenvalue weighted by molar-refractivity contribution is 5.96. The van der Waals surface area contributed by atoms with Crippen molar-refractivity contribution in [1.29, 1.82) is 0 Å². The van der Waals surface area contributed by atoms with Crippen molar-refractivity contribution in [3.63, 3.8) is 0 Å². The molecule has 0 bridgehead atoms. The summed E-state index contributed by atoms with van der Waals surface area (Å²) in [5.74, 6) is -0.878. The molecule has 10 nitrogen and oxygen atoms in total. The van der Waals surface area contributed by atoms with Crippen molar-refractivity contribution in [2.75, 3.05) is 26.3 Å². The highest BCUT2D eigenvalue weighted by Crippen LogP contribution is 2.21. The summed E-state index contributed by atoms with van der Waals surface area (Å²) in [6.07, 6.45) is 3.42. The number of hydrogen-bond acceptors (Lipinski definition) is 5. The fourth-order valence-electron chi connectivity index (χ4n) is 3.74. The Morgan fingerprint density at radius 2 is 2.03 bits per heavy atom. The number of aromatic hydroxyl groups is 1. The van der Waals surface area contributed by atoms with Gasteiger partial charge in [0.25, 0.3) is 5.91 Å². The van der Waals surface area contributed by atoms with Gasteiger partial charge in [-0.3, -0.25) is 9.59 Å². The van der Waals surface area contributed by atoms with Gasteiger partial charge in [0.2, 0.25) is 11.5 Å². The number of carbonyl (C=O) groups excluding carboxylic acids is 2. The lowest BCUT2D eigenvalue weighted by Gasteiger charge is -2.26. The van der Waals surface area contributed by atoms with Crippen molar-refractivity contribution in [2.24, 2.45) is 5.92 Å². The summed E-state index contributed by atoms with van der Waals surface area (Å²) >= 11 is 0. The van der Waals surface area contributed by atoms with Gasteiger partial charge in [0, 0.05) is 19.1 Å². The molecule has 0 unspecified atom stereocenters. The Morgan fingerprint density at radius 1 is 1.33 bits per heavy atom. The van der Waals surface area contributed by atoms with Gasteiger partial charge in [-0.15, -0.1) is 0 Å². The molecule has 2 amide bonds. The van der Waals surface area contributed by atoms with E-state index >= 15 is 0 Å².